The molecule has 1 aromatic rings. The summed E-state index contributed by atoms with van der Waals surface area (Å²) in [4.78, 5) is 31.5. The number of amidine groups is 1. The van der Waals surface area contributed by atoms with Gasteiger partial charge in [0.25, 0.3) is 11.6 Å². The number of aromatic hydroxyl groups is 1. The molecule has 3 aliphatic rings. The first-order valence-electron chi connectivity index (χ1n) is 10.8. The predicted molar refractivity (Wildman–Crippen MR) is 118 cm³/mol. The number of rotatable bonds is 4. The van der Waals surface area contributed by atoms with Gasteiger partial charge in [-0.25, -0.2) is 0 Å². The highest BCUT2D eigenvalue weighted by Crippen LogP contribution is 2.39. The van der Waals surface area contributed by atoms with Crippen LogP contribution in [-0.2, 0) is 4.79 Å². The van der Waals surface area contributed by atoms with E-state index in [-0.39, 0.29) is 35.0 Å². The van der Waals surface area contributed by atoms with Crippen molar-refractivity contribution in [2.24, 2.45) is 4.99 Å². The van der Waals surface area contributed by atoms with Crippen molar-refractivity contribution in [3.63, 3.8) is 0 Å². The number of nitro benzene ring substituents is 1. The number of benzene rings is 1. The zero-order valence-corrected chi connectivity index (χ0v) is 17.8. The molecule has 0 aromatic heterocycles. The van der Waals surface area contributed by atoms with E-state index in [4.69, 9.17) is 4.99 Å². The van der Waals surface area contributed by atoms with E-state index in [1.165, 1.54) is 61.7 Å². The number of hydrogen-bond donors (Lipinski definition) is 1. The first kappa shape index (κ1) is 20.9. The van der Waals surface area contributed by atoms with E-state index < -0.39 is 4.92 Å². The van der Waals surface area contributed by atoms with Crippen molar-refractivity contribution >= 4 is 34.6 Å². The zero-order valence-electron chi connectivity index (χ0n) is 17.0. The van der Waals surface area contributed by atoms with Crippen molar-refractivity contribution in [3.8, 4) is 5.75 Å². The molecule has 3 fully saturated rings. The van der Waals surface area contributed by atoms with Crippen LogP contribution in [0.1, 0.15) is 69.8 Å². The third kappa shape index (κ3) is 4.53. The van der Waals surface area contributed by atoms with Crippen molar-refractivity contribution in [1.29, 1.82) is 0 Å². The summed E-state index contributed by atoms with van der Waals surface area (Å²) in [7, 11) is 0. The van der Waals surface area contributed by atoms with Gasteiger partial charge in [-0.3, -0.25) is 24.8 Å². The lowest BCUT2D eigenvalue weighted by Crippen LogP contribution is -2.41. The number of amides is 1. The zero-order chi connectivity index (χ0) is 21.1. The highest BCUT2D eigenvalue weighted by molar-refractivity contribution is 8.18. The van der Waals surface area contributed by atoms with Gasteiger partial charge in [0.1, 0.15) is 5.75 Å². The highest BCUT2D eigenvalue weighted by atomic mass is 32.2. The highest BCUT2D eigenvalue weighted by Gasteiger charge is 2.39. The van der Waals surface area contributed by atoms with Gasteiger partial charge >= 0.3 is 0 Å². The van der Waals surface area contributed by atoms with Gasteiger partial charge in [0.05, 0.1) is 21.4 Å². The molecule has 4 rings (SSSR count). The molecule has 8 heteroatoms. The van der Waals surface area contributed by atoms with Crippen LogP contribution < -0.4 is 0 Å². The maximum atomic E-state index is 13.4. The Hall–Kier alpha value is -2.35. The number of phenols is 1. The summed E-state index contributed by atoms with van der Waals surface area (Å²) in [5.74, 6) is -0.192. The molecule has 1 N–H and O–H groups in total. The summed E-state index contributed by atoms with van der Waals surface area (Å²) in [6.07, 6.45) is 12.5. The van der Waals surface area contributed by atoms with E-state index in [2.05, 4.69) is 0 Å². The standard InChI is InChI=1S/C22H27N3O4S/c26-18-11-12-19(25(28)29)15(13-18)14-20-21(27)24(17-9-5-2-6-10-17)22(30-20)23-16-7-3-1-4-8-16/h11-14,16-17,26H,1-10H2. The second kappa shape index (κ2) is 9.20. The fourth-order valence-electron chi connectivity index (χ4n) is 4.57. The molecule has 7 nitrogen and oxygen atoms in total. The molecule has 0 bridgehead atoms. The number of carbonyl (C=O) groups excluding carboxylic acids is 1. The lowest BCUT2D eigenvalue weighted by atomic mass is 9.94. The maximum Gasteiger partial charge on any atom is 0.276 e. The smallest absolute Gasteiger partial charge is 0.276 e. The van der Waals surface area contributed by atoms with Crippen LogP contribution in [0.2, 0.25) is 0 Å². The van der Waals surface area contributed by atoms with E-state index in [9.17, 15) is 20.0 Å². The van der Waals surface area contributed by atoms with Crippen LogP contribution in [0.5, 0.6) is 5.75 Å². The Bertz CT molecular complexity index is 886. The van der Waals surface area contributed by atoms with Gasteiger partial charge in [0, 0.05) is 12.1 Å². The van der Waals surface area contributed by atoms with E-state index in [1.54, 1.807) is 0 Å². The van der Waals surface area contributed by atoms with E-state index >= 15 is 0 Å². The number of hydrogen-bond acceptors (Lipinski definition) is 6. The van der Waals surface area contributed by atoms with Gasteiger partial charge in [-0.1, -0.05) is 38.5 Å². The Labute approximate surface area is 180 Å². The molecule has 2 saturated carbocycles. The fraction of sp³-hybridized carbons (Fsp3) is 0.545. The van der Waals surface area contributed by atoms with Crippen LogP contribution in [0.25, 0.3) is 6.08 Å². The Morgan fingerprint density at radius 1 is 1.10 bits per heavy atom. The summed E-state index contributed by atoms with van der Waals surface area (Å²) in [5, 5.41) is 21.9. The van der Waals surface area contributed by atoms with Crippen molar-refractivity contribution < 1.29 is 14.8 Å². The summed E-state index contributed by atoms with van der Waals surface area (Å²) >= 11 is 1.32. The predicted octanol–water partition coefficient (Wildman–Crippen LogP) is 5.24. The maximum absolute atomic E-state index is 13.4. The third-order valence-corrected chi connectivity index (χ3v) is 7.14. The lowest BCUT2D eigenvalue weighted by molar-refractivity contribution is -0.385. The van der Waals surface area contributed by atoms with Crippen LogP contribution in [0.4, 0.5) is 5.69 Å². The minimum Gasteiger partial charge on any atom is -0.508 e. The Morgan fingerprint density at radius 2 is 1.77 bits per heavy atom. The molecular formula is C22H27N3O4S. The van der Waals surface area contributed by atoms with Crippen LogP contribution in [0.3, 0.4) is 0 Å². The molecular weight excluding hydrogens is 402 g/mol. The topological polar surface area (TPSA) is 96.0 Å². The molecule has 0 unspecified atom stereocenters. The third-order valence-electron chi connectivity index (χ3n) is 6.14. The average molecular weight is 430 g/mol. The number of carbonyl (C=O) groups is 1. The summed E-state index contributed by atoms with van der Waals surface area (Å²) in [6.45, 7) is 0. The summed E-state index contributed by atoms with van der Waals surface area (Å²) < 4.78 is 0. The number of phenolic OH excluding ortho intramolecular Hbond substituents is 1. The molecule has 1 saturated heterocycles. The van der Waals surface area contributed by atoms with Gasteiger partial charge in [-0.05, 0) is 55.7 Å². The van der Waals surface area contributed by atoms with Gasteiger partial charge in [0.15, 0.2) is 5.17 Å². The molecule has 1 aromatic carbocycles. The van der Waals surface area contributed by atoms with Gasteiger partial charge in [-0.2, -0.15) is 0 Å². The van der Waals surface area contributed by atoms with Crippen LogP contribution in [0.15, 0.2) is 28.1 Å². The Kier molecular flexibility index (Phi) is 6.41. The molecule has 2 aliphatic carbocycles. The van der Waals surface area contributed by atoms with Crippen molar-refractivity contribution in [2.75, 3.05) is 0 Å². The van der Waals surface area contributed by atoms with Gasteiger partial charge < -0.3 is 5.11 Å². The number of nitrogens with zero attached hydrogens (tertiary/aromatic N) is 3. The summed E-state index contributed by atoms with van der Waals surface area (Å²) in [6, 6.07) is 4.27. The monoisotopic (exact) mass is 429 g/mol. The van der Waals surface area contributed by atoms with Crippen LogP contribution in [-0.4, -0.2) is 38.1 Å². The molecule has 1 amide bonds. The quantitative estimate of drug-likeness (QED) is 0.401. The van der Waals surface area contributed by atoms with Crippen molar-refractivity contribution in [3.05, 3.63) is 38.8 Å². The lowest BCUT2D eigenvalue weighted by Gasteiger charge is -2.31. The number of aliphatic imine (C=N–C) groups is 1. The van der Waals surface area contributed by atoms with Crippen molar-refractivity contribution in [2.45, 2.75) is 76.3 Å². The molecule has 0 atom stereocenters. The first-order valence-corrected chi connectivity index (χ1v) is 11.6. The molecule has 160 valence electrons. The van der Waals surface area contributed by atoms with Gasteiger partial charge in [0.2, 0.25) is 0 Å². The summed E-state index contributed by atoms with van der Waals surface area (Å²) in [5.41, 5.74) is 0.106. The van der Waals surface area contributed by atoms with Gasteiger partial charge in [-0.15, -0.1) is 0 Å². The van der Waals surface area contributed by atoms with Crippen LogP contribution >= 0.6 is 11.8 Å². The molecule has 0 radical (unpaired) electrons. The second-order valence-electron chi connectivity index (χ2n) is 8.28. The van der Waals surface area contributed by atoms with Crippen LogP contribution in [0, 0.1) is 10.1 Å². The van der Waals surface area contributed by atoms with E-state index in [0.717, 1.165) is 43.7 Å². The van der Waals surface area contributed by atoms with E-state index in [0.29, 0.717) is 4.91 Å². The average Bonchev–Trinajstić information content (AvgIpc) is 3.04. The molecule has 0 spiro atoms. The SMILES string of the molecule is O=C1C(=Cc2cc(O)ccc2[N+](=O)[O-])SC(=NC2CCCCC2)N1C1CCCCC1. The van der Waals surface area contributed by atoms with Crippen molar-refractivity contribution in [1.82, 2.24) is 4.90 Å². The molecule has 30 heavy (non-hydrogen) atoms. The minimum absolute atomic E-state index is 0.0665. The second-order valence-corrected chi connectivity index (χ2v) is 9.29. The van der Waals surface area contributed by atoms with E-state index in [1.807, 2.05) is 4.90 Å². The Morgan fingerprint density at radius 3 is 2.43 bits per heavy atom. The number of nitro groups is 1. The first-order chi connectivity index (χ1) is 14.5. The molecule has 1 aliphatic heterocycles. The number of thioether (sulfide) groups is 1. The Balaban J connectivity index is 1.69. The minimum atomic E-state index is -0.494. The normalized spacial score (nSPS) is 24.1. The molecule has 1 heterocycles. The largest absolute Gasteiger partial charge is 0.508 e. The fourth-order valence-corrected chi connectivity index (χ4v) is 5.67.